The third-order valence-electron chi connectivity index (χ3n) is 3.84. The van der Waals surface area contributed by atoms with Gasteiger partial charge in [0.25, 0.3) is 0 Å². The molecule has 2 N–H and O–H groups in total. The molecule has 0 atom stereocenters. The molecule has 1 aliphatic rings. The molecule has 0 unspecified atom stereocenters. The van der Waals surface area contributed by atoms with Gasteiger partial charge in [-0.3, -0.25) is 0 Å². The Kier molecular flexibility index (Phi) is 5.47. The highest BCUT2D eigenvalue weighted by Gasteiger charge is 2.18. The van der Waals surface area contributed by atoms with E-state index < -0.39 is 11.8 Å². The van der Waals surface area contributed by atoms with Crippen molar-refractivity contribution in [2.24, 2.45) is 0 Å². The topological polar surface area (TPSA) is 82.6 Å². The van der Waals surface area contributed by atoms with Crippen molar-refractivity contribution in [2.75, 3.05) is 60.8 Å². The van der Waals surface area contributed by atoms with Crippen LogP contribution in [0.1, 0.15) is 0 Å². The fourth-order valence-electron chi connectivity index (χ4n) is 2.55. The van der Waals surface area contributed by atoms with Gasteiger partial charge in [-0.2, -0.15) is 4.98 Å². The average Bonchev–Trinajstić information content (AvgIpc) is 2.64. The molecule has 2 aromatic rings. The van der Waals surface area contributed by atoms with Gasteiger partial charge < -0.3 is 25.2 Å². The Hall–Kier alpha value is -2.94. The van der Waals surface area contributed by atoms with Gasteiger partial charge in [-0.05, 0) is 12.1 Å². The summed E-state index contributed by atoms with van der Waals surface area (Å²) >= 11 is 0. The number of nitrogens with zero attached hydrogens (tertiary/aromatic N) is 4. The van der Waals surface area contributed by atoms with E-state index in [1.54, 1.807) is 23.2 Å². The zero-order valence-electron chi connectivity index (χ0n) is 14.7. The van der Waals surface area contributed by atoms with Crippen LogP contribution in [0, 0.1) is 5.82 Å². The van der Waals surface area contributed by atoms with Crippen molar-refractivity contribution in [1.29, 1.82) is 0 Å². The molecule has 0 aliphatic carbocycles. The van der Waals surface area contributed by atoms with E-state index >= 15 is 0 Å². The first-order chi connectivity index (χ1) is 12.5. The fourth-order valence-corrected chi connectivity index (χ4v) is 2.55. The molecule has 2 amide bonds. The SMILES string of the molecule is CN(C)c1nc(N2CCOCC2)ncc1NC(=O)Nc1ccccc1F. The number of nitrogens with one attached hydrogen (secondary N) is 2. The number of para-hydroxylation sites is 1. The van der Waals surface area contributed by atoms with Crippen molar-refractivity contribution in [3.8, 4) is 0 Å². The lowest BCUT2D eigenvalue weighted by Crippen LogP contribution is -2.37. The predicted octanol–water partition coefficient (Wildman–Crippen LogP) is 2.16. The molecular formula is C17H21FN6O2. The summed E-state index contributed by atoms with van der Waals surface area (Å²) in [6, 6.07) is 5.40. The van der Waals surface area contributed by atoms with Gasteiger partial charge in [0.1, 0.15) is 11.5 Å². The Balaban J connectivity index is 1.76. The molecule has 26 heavy (non-hydrogen) atoms. The lowest BCUT2D eigenvalue weighted by molar-refractivity contribution is 0.122. The van der Waals surface area contributed by atoms with Crippen LogP contribution in [0.3, 0.4) is 0 Å². The van der Waals surface area contributed by atoms with Crippen LogP contribution in [0.5, 0.6) is 0 Å². The molecule has 1 aromatic heterocycles. The molecule has 0 spiro atoms. The Morgan fingerprint density at radius 2 is 1.88 bits per heavy atom. The van der Waals surface area contributed by atoms with Gasteiger partial charge in [-0.1, -0.05) is 12.1 Å². The number of urea groups is 1. The molecule has 0 radical (unpaired) electrons. The predicted molar refractivity (Wildman–Crippen MR) is 98.4 cm³/mol. The minimum absolute atomic E-state index is 0.0993. The largest absolute Gasteiger partial charge is 0.378 e. The quantitative estimate of drug-likeness (QED) is 0.870. The third-order valence-corrected chi connectivity index (χ3v) is 3.84. The lowest BCUT2D eigenvalue weighted by Gasteiger charge is -2.28. The second kappa shape index (κ2) is 7.96. The van der Waals surface area contributed by atoms with Crippen molar-refractivity contribution in [3.63, 3.8) is 0 Å². The molecule has 1 saturated heterocycles. The molecule has 1 fully saturated rings. The van der Waals surface area contributed by atoms with Gasteiger partial charge in [0, 0.05) is 27.2 Å². The summed E-state index contributed by atoms with van der Waals surface area (Å²) < 4.78 is 19.0. The van der Waals surface area contributed by atoms with E-state index in [2.05, 4.69) is 20.6 Å². The number of halogens is 1. The molecule has 1 aromatic carbocycles. The summed E-state index contributed by atoms with van der Waals surface area (Å²) in [6.07, 6.45) is 1.55. The van der Waals surface area contributed by atoms with Crippen LogP contribution >= 0.6 is 0 Å². The third kappa shape index (κ3) is 4.17. The van der Waals surface area contributed by atoms with Crippen molar-refractivity contribution >= 4 is 29.2 Å². The number of morpholine rings is 1. The highest BCUT2D eigenvalue weighted by Crippen LogP contribution is 2.24. The zero-order valence-corrected chi connectivity index (χ0v) is 14.7. The second-order valence-corrected chi connectivity index (χ2v) is 5.96. The summed E-state index contributed by atoms with van der Waals surface area (Å²) in [5, 5.41) is 5.15. The number of carbonyl (C=O) groups excluding carboxylic acids is 1. The fraction of sp³-hybridized carbons (Fsp3) is 0.353. The van der Waals surface area contributed by atoms with Crippen molar-refractivity contribution < 1.29 is 13.9 Å². The Morgan fingerprint density at radius 3 is 2.58 bits per heavy atom. The Morgan fingerprint density at radius 1 is 1.19 bits per heavy atom. The number of anilines is 4. The molecule has 0 bridgehead atoms. The van der Waals surface area contributed by atoms with E-state index in [9.17, 15) is 9.18 Å². The number of aromatic nitrogens is 2. The van der Waals surface area contributed by atoms with E-state index in [1.807, 2.05) is 19.0 Å². The smallest absolute Gasteiger partial charge is 0.323 e. The van der Waals surface area contributed by atoms with E-state index in [0.717, 1.165) is 0 Å². The molecule has 138 valence electrons. The van der Waals surface area contributed by atoms with Crippen LogP contribution in [-0.4, -0.2) is 56.4 Å². The first-order valence-corrected chi connectivity index (χ1v) is 8.24. The number of ether oxygens (including phenoxy) is 1. The standard InChI is InChI=1S/C17H21FN6O2/c1-23(2)15-14(11-19-16(22-15)24-7-9-26-10-8-24)21-17(25)20-13-6-4-3-5-12(13)18/h3-6,11H,7-10H2,1-2H3,(H2,20,21,25). The average molecular weight is 360 g/mol. The summed E-state index contributed by atoms with van der Waals surface area (Å²) in [6.45, 7) is 2.69. The summed E-state index contributed by atoms with van der Waals surface area (Å²) in [7, 11) is 3.65. The zero-order chi connectivity index (χ0) is 18.5. The minimum Gasteiger partial charge on any atom is -0.378 e. The number of carbonyl (C=O) groups is 1. The van der Waals surface area contributed by atoms with Crippen LogP contribution in [-0.2, 0) is 4.74 Å². The van der Waals surface area contributed by atoms with Gasteiger partial charge in [0.05, 0.1) is 25.1 Å². The highest BCUT2D eigenvalue weighted by molar-refractivity contribution is 6.01. The number of hydrogen-bond acceptors (Lipinski definition) is 6. The maximum Gasteiger partial charge on any atom is 0.323 e. The first kappa shape index (κ1) is 17.9. The van der Waals surface area contributed by atoms with Crippen LogP contribution in [0.15, 0.2) is 30.5 Å². The van der Waals surface area contributed by atoms with Gasteiger partial charge in [0.15, 0.2) is 5.82 Å². The number of amides is 2. The highest BCUT2D eigenvalue weighted by atomic mass is 19.1. The van der Waals surface area contributed by atoms with E-state index in [-0.39, 0.29) is 5.69 Å². The van der Waals surface area contributed by atoms with Crippen LogP contribution in [0.4, 0.5) is 32.3 Å². The van der Waals surface area contributed by atoms with Crippen molar-refractivity contribution in [1.82, 2.24) is 9.97 Å². The van der Waals surface area contributed by atoms with Crippen LogP contribution in [0.25, 0.3) is 0 Å². The maximum atomic E-state index is 13.7. The van der Waals surface area contributed by atoms with Crippen LogP contribution < -0.4 is 20.4 Å². The number of rotatable bonds is 4. The molecular weight excluding hydrogens is 339 g/mol. The molecule has 8 nitrogen and oxygen atoms in total. The summed E-state index contributed by atoms with van der Waals surface area (Å²) in [5.41, 5.74) is 0.531. The van der Waals surface area contributed by atoms with E-state index in [1.165, 1.54) is 12.1 Å². The summed E-state index contributed by atoms with van der Waals surface area (Å²) in [5.74, 6) is 0.636. The number of hydrogen-bond donors (Lipinski definition) is 2. The Bertz CT molecular complexity index is 780. The second-order valence-electron chi connectivity index (χ2n) is 5.96. The molecule has 0 saturated carbocycles. The molecule has 1 aliphatic heterocycles. The molecule has 2 heterocycles. The van der Waals surface area contributed by atoms with Crippen molar-refractivity contribution in [3.05, 3.63) is 36.3 Å². The van der Waals surface area contributed by atoms with Crippen LogP contribution in [0.2, 0.25) is 0 Å². The first-order valence-electron chi connectivity index (χ1n) is 8.24. The maximum absolute atomic E-state index is 13.7. The number of benzene rings is 1. The Labute approximate surface area is 151 Å². The normalized spacial score (nSPS) is 14.0. The lowest BCUT2D eigenvalue weighted by atomic mass is 10.3. The van der Waals surface area contributed by atoms with Gasteiger partial charge in [-0.25, -0.2) is 14.2 Å². The molecule has 9 heteroatoms. The van der Waals surface area contributed by atoms with Gasteiger partial charge >= 0.3 is 6.03 Å². The van der Waals surface area contributed by atoms with Gasteiger partial charge in [-0.15, -0.1) is 0 Å². The van der Waals surface area contributed by atoms with Gasteiger partial charge in [0.2, 0.25) is 5.95 Å². The van der Waals surface area contributed by atoms with E-state index in [4.69, 9.17) is 4.74 Å². The summed E-state index contributed by atoms with van der Waals surface area (Å²) in [4.78, 5) is 24.9. The van der Waals surface area contributed by atoms with E-state index in [0.29, 0.717) is 43.8 Å². The van der Waals surface area contributed by atoms with Crippen molar-refractivity contribution in [2.45, 2.75) is 0 Å². The minimum atomic E-state index is -0.569. The molecule has 3 rings (SSSR count). The monoisotopic (exact) mass is 360 g/mol.